The minimum Gasteiger partial charge on any atom is -0.347 e. The number of aryl methyl sites for hydroxylation is 1. The average molecular weight is 311 g/mol. The second-order valence-electron chi connectivity index (χ2n) is 7.55. The van der Waals surface area contributed by atoms with E-state index < -0.39 is 0 Å². The highest BCUT2D eigenvalue weighted by Crippen LogP contribution is 2.44. The first kappa shape index (κ1) is 15.2. The van der Waals surface area contributed by atoms with Gasteiger partial charge in [0, 0.05) is 42.1 Å². The number of aromatic nitrogens is 1. The lowest BCUT2D eigenvalue weighted by Gasteiger charge is -2.47. The van der Waals surface area contributed by atoms with Crippen molar-refractivity contribution in [2.45, 2.75) is 56.5 Å². The molecule has 2 saturated heterocycles. The molecule has 124 valence electrons. The van der Waals surface area contributed by atoms with Crippen LogP contribution < -0.4 is 5.73 Å². The molecule has 2 aliphatic heterocycles. The molecule has 2 unspecified atom stereocenters. The van der Waals surface area contributed by atoms with Gasteiger partial charge in [0.25, 0.3) is 0 Å². The van der Waals surface area contributed by atoms with Gasteiger partial charge in [0.15, 0.2) is 0 Å². The zero-order valence-electron chi connectivity index (χ0n) is 14.5. The van der Waals surface area contributed by atoms with Crippen LogP contribution in [0.3, 0.4) is 0 Å². The molecule has 0 amide bonds. The van der Waals surface area contributed by atoms with Crippen LogP contribution in [0.5, 0.6) is 0 Å². The molecule has 3 heteroatoms. The van der Waals surface area contributed by atoms with E-state index in [0.29, 0.717) is 5.92 Å². The lowest BCUT2D eigenvalue weighted by Crippen LogP contribution is -2.49. The molecule has 2 aromatic rings. The van der Waals surface area contributed by atoms with E-state index in [0.717, 1.165) is 25.0 Å². The third-order valence-electron chi connectivity index (χ3n) is 6.40. The molecule has 0 aliphatic carbocycles. The Hall–Kier alpha value is -1.32. The van der Waals surface area contributed by atoms with Gasteiger partial charge in [-0.3, -0.25) is 0 Å². The number of piperidine rings is 2. The number of rotatable bonds is 3. The van der Waals surface area contributed by atoms with E-state index in [-0.39, 0.29) is 0 Å². The zero-order chi connectivity index (χ0) is 16.0. The standard InChI is InChI=1S/C20H29N3/c1-22-15-6-5-7-16(22)13-14(12-15)20-17-8-3-4-9-18(17)23(2)19(20)10-11-21/h3-4,8-9,14-16H,5-7,10-13,21H2,1-2H3. The van der Waals surface area contributed by atoms with Gasteiger partial charge in [-0.25, -0.2) is 0 Å². The third kappa shape index (κ3) is 2.41. The Morgan fingerprint density at radius 3 is 2.48 bits per heavy atom. The van der Waals surface area contributed by atoms with E-state index >= 15 is 0 Å². The summed E-state index contributed by atoms with van der Waals surface area (Å²) in [5, 5.41) is 1.46. The Bertz CT molecular complexity index is 688. The summed E-state index contributed by atoms with van der Waals surface area (Å²) in [5.41, 5.74) is 10.4. The monoisotopic (exact) mass is 311 g/mol. The minimum atomic E-state index is 0.703. The van der Waals surface area contributed by atoms with Crippen LogP contribution in [-0.2, 0) is 13.5 Å². The first-order valence-electron chi connectivity index (χ1n) is 9.19. The molecule has 0 saturated carbocycles. The lowest BCUT2D eigenvalue weighted by molar-refractivity contribution is 0.0556. The van der Waals surface area contributed by atoms with Crippen molar-refractivity contribution in [1.29, 1.82) is 0 Å². The third-order valence-corrected chi connectivity index (χ3v) is 6.40. The maximum absolute atomic E-state index is 5.94. The second kappa shape index (κ2) is 5.95. The first-order valence-corrected chi connectivity index (χ1v) is 9.19. The van der Waals surface area contributed by atoms with E-state index in [1.165, 1.54) is 48.7 Å². The summed E-state index contributed by atoms with van der Waals surface area (Å²) in [6, 6.07) is 10.5. The van der Waals surface area contributed by atoms with Crippen molar-refractivity contribution in [2.75, 3.05) is 13.6 Å². The Morgan fingerprint density at radius 2 is 1.78 bits per heavy atom. The number of hydrogen-bond acceptors (Lipinski definition) is 2. The summed E-state index contributed by atoms with van der Waals surface area (Å²) >= 11 is 0. The van der Waals surface area contributed by atoms with Crippen LogP contribution in [0.15, 0.2) is 24.3 Å². The summed E-state index contributed by atoms with van der Waals surface area (Å²) in [4.78, 5) is 2.66. The molecule has 4 rings (SSSR count). The van der Waals surface area contributed by atoms with Crippen LogP contribution >= 0.6 is 0 Å². The topological polar surface area (TPSA) is 34.2 Å². The molecule has 1 aromatic heterocycles. The van der Waals surface area contributed by atoms with Gasteiger partial charge in [-0.15, -0.1) is 0 Å². The van der Waals surface area contributed by atoms with Crippen molar-refractivity contribution in [3.8, 4) is 0 Å². The molecule has 2 N–H and O–H groups in total. The summed E-state index contributed by atoms with van der Waals surface area (Å²) < 4.78 is 2.39. The smallest absolute Gasteiger partial charge is 0.0482 e. The highest BCUT2D eigenvalue weighted by molar-refractivity contribution is 5.86. The van der Waals surface area contributed by atoms with Crippen LogP contribution in [0.25, 0.3) is 10.9 Å². The Balaban J connectivity index is 1.80. The van der Waals surface area contributed by atoms with Crippen molar-refractivity contribution in [3.63, 3.8) is 0 Å². The second-order valence-corrected chi connectivity index (χ2v) is 7.55. The number of nitrogens with two attached hydrogens (primary N) is 1. The zero-order valence-corrected chi connectivity index (χ0v) is 14.5. The molecule has 23 heavy (non-hydrogen) atoms. The van der Waals surface area contributed by atoms with Gasteiger partial charge in [-0.1, -0.05) is 24.6 Å². The molecule has 0 spiro atoms. The SMILES string of the molecule is CN1C2CCCC1CC(c1c(CCN)n(C)c3ccccc13)C2. The van der Waals surface area contributed by atoms with Gasteiger partial charge in [0.1, 0.15) is 0 Å². The number of hydrogen-bond donors (Lipinski definition) is 1. The molecular formula is C20H29N3. The number of para-hydroxylation sites is 1. The van der Waals surface area contributed by atoms with Gasteiger partial charge in [0.2, 0.25) is 0 Å². The molecule has 3 heterocycles. The van der Waals surface area contributed by atoms with Crippen LogP contribution in [0.4, 0.5) is 0 Å². The van der Waals surface area contributed by atoms with Gasteiger partial charge >= 0.3 is 0 Å². The normalized spacial score (nSPS) is 28.4. The van der Waals surface area contributed by atoms with E-state index in [4.69, 9.17) is 5.73 Å². The van der Waals surface area contributed by atoms with E-state index in [1.54, 1.807) is 5.56 Å². The van der Waals surface area contributed by atoms with E-state index in [9.17, 15) is 0 Å². The van der Waals surface area contributed by atoms with Gasteiger partial charge < -0.3 is 15.2 Å². The highest BCUT2D eigenvalue weighted by Gasteiger charge is 2.38. The maximum Gasteiger partial charge on any atom is 0.0482 e. The van der Waals surface area contributed by atoms with Crippen LogP contribution in [0.1, 0.15) is 49.3 Å². The largest absolute Gasteiger partial charge is 0.347 e. The van der Waals surface area contributed by atoms with Crippen molar-refractivity contribution < 1.29 is 0 Å². The lowest BCUT2D eigenvalue weighted by atomic mass is 9.75. The molecule has 0 radical (unpaired) electrons. The quantitative estimate of drug-likeness (QED) is 0.942. The van der Waals surface area contributed by atoms with Crippen molar-refractivity contribution >= 4 is 10.9 Å². The van der Waals surface area contributed by atoms with Gasteiger partial charge in [-0.2, -0.15) is 0 Å². The van der Waals surface area contributed by atoms with Crippen molar-refractivity contribution in [3.05, 3.63) is 35.5 Å². The molecule has 2 aliphatic rings. The Labute approximate surface area is 139 Å². The fourth-order valence-electron chi connectivity index (χ4n) is 5.22. The van der Waals surface area contributed by atoms with Crippen molar-refractivity contribution in [1.82, 2.24) is 9.47 Å². The van der Waals surface area contributed by atoms with E-state index in [2.05, 4.69) is 47.8 Å². The van der Waals surface area contributed by atoms with Crippen LogP contribution in [-0.4, -0.2) is 35.1 Å². The predicted octanol–water partition coefficient (Wildman–Crippen LogP) is 3.41. The molecule has 1 aromatic carbocycles. The van der Waals surface area contributed by atoms with Gasteiger partial charge in [0.05, 0.1) is 0 Å². The van der Waals surface area contributed by atoms with E-state index in [1.807, 2.05) is 0 Å². The summed E-state index contributed by atoms with van der Waals surface area (Å²) in [6.45, 7) is 0.733. The van der Waals surface area contributed by atoms with Crippen LogP contribution in [0, 0.1) is 0 Å². The summed E-state index contributed by atoms with van der Waals surface area (Å²) in [6.07, 6.45) is 7.79. The predicted molar refractivity (Wildman–Crippen MR) is 96.8 cm³/mol. The molecule has 3 nitrogen and oxygen atoms in total. The molecular weight excluding hydrogens is 282 g/mol. The number of benzene rings is 1. The molecule has 2 bridgehead atoms. The molecule has 2 fully saturated rings. The number of nitrogens with zero attached hydrogens (tertiary/aromatic N) is 2. The fraction of sp³-hybridized carbons (Fsp3) is 0.600. The first-order chi connectivity index (χ1) is 11.2. The number of fused-ring (bicyclic) bond motifs is 3. The minimum absolute atomic E-state index is 0.703. The van der Waals surface area contributed by atoms with Crippen molar-refractivity contribution in [2.24, 2.45) is 12.8 Å². The summed E-state index contributed by atoms with van der Waals surface area (Å²) in [5.74, 6) is 0.703. The molecule has 2 atom stereocenters. The maximum atomic E-state index is 5.94. The summed E-state index contributed by atoms with van der Waals surface area (Å²) in [7, 11) is 4.56. The van der Waals surface area contributed by atoms with Gasteiger partial charge in [-0.05, 0) is 56.8 Å². The Morgan fingerprint density at radius 1 is 1.09 bits per heavy atom. The Kier molecular flexibility index (Phi) is 3.94. The van der Waals surface area contributed by atoms with Crippen LogP contribution in [0.2, 0.25) is 0 Å². The average Bonchev–Trinajstić information content (AvgIpc) is 2.81. The fourth-order valence-corrected chi connectivity index (χ4v) is 5.22. The highest BCUT2D eigenvalue weighted by atomic mass is 15.2.